The fraction of sp³-hybridized carbons (Fsp3) is 0.106. The van der Waals surface area contributed by atoms with Crippen LogP contribution in [-0.2, 0) is 21.1 Å². The molecule has 4 heterocycles. The Kier molecular flexibility index (Phi) is 7.14. The Hall–Kier alpha value is -5.77. The summed E-state index contributed by atoms with van der Waals surface area (Å²) in [5, 5.41) is 3.97. The molecule has 10 aromatic rings. The van der Waals surface area contributed by atoms with E-state index in [9.17, 15) is 0 Å². The fourth-order valence-corrected chi connectivity index (χ4v) is 8.03. The normalized spacial score (nSPS) is 12.9. The van der Waals surface area contributed by atoms with Crippen LogP contribution < -0.4 is 4.98 Å². The number of pyridine rings is 1. The van der Waals surface area contributed by atoms with Gasteiger partial charge in [0.25, 0.3) is 0 Å². The van der Waals surface area contributed by atoms with Gasteiger partial charge in [-0.3, -0.25) is 4.57 Å². The average molecular weight is 868 g/mol. The molecule has 53 heavy (non-hydrogen) atoms. The van der Waals surface area contributed by atoms with Crippen molar-refractivity contribution >= 4 is 54.6 Å². The fourth-order valence-electron chi connectivity index (χ4n) is 8.03. The van der Waals surface area contributed by atoms with Crippen molar-refractivity contribution < 1.29 is 25.2 Å². The molecule has 0 aliphatic carbocycles. The van der Waals surface area contributed by atoms with Gasteiger partial charge in [-0.1, -0.05) is 115 Å². The van der Waals surface area contributed by atoms with E-state index in [4.69, 9.17) is 19.1 Å². The molecular formula is C47H35N5Pt. The van der Waals surface area contributed by atoms with E-state index in [0.29, 0.717) is 11.5 Å². The maximum Gasteiger partial charge on any atom is 2.00 e. The van der Waals surface area contributed by atoms with E-state index in [0.717, 1.165) is 94.2 Å². The van der Waals surface area contributed by atoms with Crippen molar-refractivity contribution in [1.29, 1.82) is 0 Å². The van der Waals surface area contributed by atoms with Crippen molar-refractivity contribution in [3.05, 3.63) is 156 Å². The number of benzene rings is 6. The summed E-state index contributed by atoms with van der Waals surface area (Å²) in [5.74, 6) is 2.02. The van der Waals surface area contributed by atoms with Crippen molar-refractivity contribution in [2.24, 2.45) is 0 Å². The molecule has 0 amide bonds. The number of aromatic nitrogens is 5. The largest absolute Gasteiger partial charge is 2.00 e. The van der Waals surface area contributed by atoms with Gasteiger partial charge in [0.2, 0.25) is 0 Å². The van der Waals surface area contributed by atoms with Crippen LogP contribution >= 0.6 is 0 Å². The number of nitrogens with zero attached hydrogens (tertiary/aromatic N) is 5. The summed E-state index contributed by atoms with van der Waals surface area (Å²) >= 11 is 0. The summed E-state index contributed by atoms with van der Waals surface area (Å²) in [6.45, 7) is 4.39. The molecule has 6 aromatic carbocycles. The molecule has 0 radical (unpaired) electrons. The first-order chi connectivity index (χ1) is 26.7. The molecule has 0 bridgehead atoms. The van der Waals surface area contributed by atoms with E-state index in [-0.39, 0.29) is 21.1 Å². The van der Waals surface area contributed by atoms with Gasteiger partial charge in [-0.15, -0.1) is 34.8 Å². The molecule has 0 atom stereocenters. The van der Waals surface area contributed by atoms with Crippen LogP contribution in [0.3, 0.4) is 0 Å². The molecule has 0 saturated carbocycles. The van der Waals surface area contributed by atoms with Crippen molar-refractivity contribution in [2.45, 2.75) is 33.5 Å². The van der Waals surface area contributed by atoms with Gasteiger partial charge < -0.3 is 9.55 Å². The van der Waals surface area contributed by atoms with Crippen LogP contribution in [0.2, 0.25) is 0 Å². The first-order valence-corrected chi connectivity index (χ1v) is 17.7. The Balaban J connectivity index is 0.00000410. The minimum absolute atomic E-state index is 0. The zero-order chi connectivity index (χ0) is 37.6. The van der Waals surface area contributed by atoms with Gasteiger partial charge in [-0.2, -0.15) is 0 Å². The Morgan fingerprint density at radius 2 is 1.49 bits per heavy atom. The average Bonchev–Trinajstić information content (AvgIpc) is 3.87. The second-order valence-electron chi connectivity index (χ2n) is 13.8. The van der Waals surface area contributed by atoms with Crippen LogP contribution in [0.1, 0.15) is 40.6 Å². The molecule has 6 heteroatoms. The Labute approximate surface area is 326 Å². The summed E-state index contributed by atoms with van der Waals surface area (Å²) in [4.78, 5) is 15.5. The van der Waals surface area contributed by atoms with Crippen LogP contribution in [0.5, 0.6) is 0 Å². The standard InChI is InChI=1S/C47H35N5.Pt/c1-28(2)33-24-25-48-46(30(33)4)52-41-18-9-8-14-35(41)36-22-21-31(27-43(36)52)34-15-11-19-42-45(34)50-47(51(42)32-12-6-5-7-13-32)38-17-10-16-37-39-26-29(3)20-23-40(39)49-44(37)38;/h5-26,28H,1-4H3;/q-2;+2/i3D3;. The third-order valence-electron chi connectivity index (χ3n) is 10.4. The quantitative estimate of drug-likeness (QED) is 0.162. The zero-order valence-corrected chi connectivity index (χ0v) is 31.6. The van der Waals surface area contributed by atoms with Crippen molar-refractivity contribution in [1.82, 2.24) is 24.1 Å². The van der Waals surface area contributed by atoms with E-state index in [1.54, 1.807) is 18.2 Å². The van der Waals surface area contributed by atoms with Crippen LogP contribution in [-0.4, -0.2) is 19.1 Å². The van der Waals surface area contributed by atoms with Crippen molar-refractivity contribution in [3.63, 3.8) is 0 Å². The van der Waals surface area contributed by atoms with E-state index >= 15 is 0 Å². The van der Waals surface area contributed by atoms with Gasteiger partial charge in [0.15, 0.2) is 0 Å². The molecule has 0 saturated heterocycles. The molecule has 10 rings (SSSR count). The molecule has 0 unspecified atom stereocenters. The van der Waals surface area contributed by atoms with Crippen molar-refractivity contribution in [2.75, 3.05) is 0 Å². The van der Waals surface area contributed by atoms with Crippen LogP contribution in [0.15, 0.2) is 134 Å². The summed E-state index contributed by atoms with van der Waals surface area (Å²) in [6.07, 6.45) is 1.91. The molecule has 0 aliphatic rings. The number of para-hydroxylation sites is 4. The smallest absolute Gasteiger partial charge is 0.656 e. The van der Waals surface area contributed by atoms with Gasteiger partial charge in [-0.05, 0) is 82.8 Å². The van der Waals surface area contributed by atoms with Gasteiger partial charge in [0.1, 0.15) is 11.6 Å². The molecule has 258 valence electrons. The molecule has 0 aliphatic heterocycles. The first kappa shape index (κ1) is 29.8. The number of imidazole rings is 1. The minimum Gasteiger partial charge on any atom is -0.656 e. The second-order valence-corrected chi connectivity index (χ2v) is 13.8. The number of aryl methyl sites for hydroxylation is 1. The molecule has 0 N–H and O–H groups in total. The third kappa shape index (κ3) is 5.09. The maximum atomic E-state index is 8.02. The molecule has 4 aromatic heterocycles. The van der Waals surface area contributed by atoms with Gasteiger partial charge in [0, 0.05) is 27.1 Å². The molecule has 5 nitrogen and oxygen atoms in total. The predicted molar refractivity (Wildman–Crippen MR) is 215 cm³/mol. The summed E-state index contributed by atoms with van der Waals surface area (Å²) in [5.41, 5.74) is 11.8. The molecular weight excluding hydrogens is 830 g/mol. The first-order valence-electron chi connectivity index (χ1n) is 19.2. The Morgan fingerprint density at radius 1 is 0.717 bits per heavy atom. The van der Waals surface area contributed by atoms with E-state index in [1.165, 1.54) is 5.56 Å². The van der Waals surface area contributed by atoms with Gasteiger partial charge >= 0.3 is 21.1 Å². The minimum atomic E-state index is -2.21. The third-order valence-corrected chi connectivity index (χ3v) is 10.4. The summed E-state index contributed by atoms with van der Waals surface area (Å²) < 4.78 is 28.5. The van der Waals surface area contributed by atoms with E-state index in [2.05, 4.69) is 115 Å². The monoisotopic (exact) mass is 867 g/mol. The van der Waals surface area contributed by atoms with Crippen LogP contribution in [0.4, 0.5) is 0 Å². The number of hydrogen-bond acceptors (Lipinski definition) is 2. The Bertz CT molecular complexity index is 3140. The zero-order valence-electron chi connectivity index (χ0n) is 32.3. The molecule has 0 fully saturated rings. The number of fused-ring (bicyclic) bond motifs is 7. The molecule has 0 spiro atoms. The van der Waals surface area contributed by atoms with Gasteiger partial charge in [-0.25, -0.2) is 9.97 Å². The van der Waals surface area contributed by atoms with E-state index < -0.39 is 6.85 Å². The second kappa shape index (κ2) is 12.7. The maximum absolute atomic E-state index is 8.02. The predicted octanol–water partition coefficient (Wildman–Crippen LogP) is 11.7. The summed E-state index contributed by atoms with van der Waals surface area (Å²) in [7, 11) is 0. The topological polar surface area (TPSA) is 49.7 Å². The van der Waals surface area contributed by atoms with Crippen molar-refractivity contribution in [3.8, 4) is 34.0 Å². The number of hydrogen-bond donors (Lipinski definition) is 0. The van der Waals surface area contributed by atoms with Crippen LogP contribution in [0.25, 0.3) is 88.7 Å². The van der Waals surface area contributed by atoms with Crippen LogP contribution in [0, 0.1) is 19.8 Å². The summed E-state index contributed by atoms with van der Waals surface area (Å²) in [6, 6.07) is 46.7. The van der Waals surface area contributed by atoms with E-state index in [1.807, 2.05) is 36.5 Å². The van der Waals surface area contributed by atoms with Gasteiger partial charge in [0.05, 0.1) is 11.0 Å². The SMILES string of the molecule is [2H]C([2H])([2H])c1ccc2[n-]c3c(-c4nc5c(-c6[c-]c7c(cc6)c6ccccc6n7-c6nccc(C(C)C)c6C)cccc5n4-c4ccccc4)cccc3c2c1.[Pt+2]. The Morgan fingerprint density at radius 3 is 2.34 bits per heavy atom. The number of rotatable bonds is 5.